The number of nitrogens with zero attached hydrogens (tertiary/aromatic N) is 2. The van der Waals surface area contributed by atoms with Gasteiger partial charge in [-0.05, 0) is 50.0 Å². The molecule has 1 aromatic heterocycles. The third-order valence-electron chi connectivity index (χ3n) is 6.76. The summed E-state index contributed by atoms with van der Waals surface area (Å²) in [5, 5.41) is 0. The average Bonchev–Trinajstić information content (AvgIpc) is 3.27. The number of aryl methyl sites for hydroxylation is 1. The maximum absolute atomic E-state index is 12.8. The van der Waals surface area contributed by atoms with E-state index in [4.69, 9.17) is 9.15 Å². The van der Waals surface area contributed by atoms with Crippen LogP contribution in [0.5, 0.6) is 0 Å². The summed E-state index contributed by atoms with van der Waals surface area (Å²) in [6.07, 6.45) is 6.01. The Morgan fingerprint density at radius 2 is 1.96 bits per heavy atom. The Morgan fingerprint density at radius 3 is 2.56 bits per heavy atom. The second-order valence-corrected chi connectivity index (χ2v) is 8.62. The molecule has 3 fully saturated rings. The van der Waals surface area contributed by atoms with Crippen LogP contribution in [0.2, 0.25) is 0 Å². The molecule has 0 N–H and O–H groups in total. The lowest BCUT2D eigenvalue weighted by Gasteiger charge is -2.42. The zero-order valence-electron chi connectivity index (χ0n) is 16.4. The number of amides is 2. The van der Waals surface area contributed by atoms with Crippen LogP contribution in [0.3, 0.4) is 0 Å². The highest BCUT2D eigenvalue weighted by atomic mass is 16.5. The van der Waals surface area contributed by atoms with Gasteiger partial charge in [0, 0.05) is 45.6 Å². The van der Waals surface area contributed by atoms with Crippen LogP contribution in [0, 0.1) is 24.2 Å². The van der Waals surface area contributed by atoms with Crippen molar-refractivity contribution >= 4 is 11.8 Å². The van der Waals surface area contributed by atoms with E-state index in [1.54, 1.807) is 19.3 Å². The minimum Gasteiger partial charge on any atom is -0.469 e. The van der Waals surface area contributed by atoms with E-state index in [0.29, 0.717) is 17.2 Å². The highest BCUT2D eigenvalue weighted by Gasteiger charge is 2.49. The highest BCUT2D eigenvalue weighted by molar-refractivity contribution is 5.95. The van der Waals surface area contributed by atoms with Crippen LogP contribution in [-0.2, 0) is 9.53 Å². The van der Waals surface area contributed by atoms with Crippen molar-refractivity contribution in [2.75, 3.05) is 39.4 Å². The van der Waals surface area contributed by atoms with Gasteiger partial charge in [-0.15, -0.1) is 0 Å². The Bertz CT molecular complexity index is 701. The number of hydrogen-bond acceptors (Lipinski definition) is 4. The molecule has 6 nitrogen and oxygen atoms in total. The van der Waals surface area contributed by atoms with E-state index >= 15 is 0 Å². The summed E-state index contributed by atoms with van der Waals surface area (Å²) in [7, 11) is 0. The maximum Gasteiger partial charge on any atom is 0.257 e. The summed E-state index contributed by atoms with van der Waals surface area (Å²) >= 11 is 0. The number of ether oxygens (including phenoxy) is 1. The van der Waals surface area contributed by atoms with Gasteiger partial charge < -0.3 is 19.0 Å². The largest absolute Gasteiger partial charge is 0.469 e. The van der Waals surface area contributed by atoms with E-state index in [1.165, 1.54) is 12.8 Å². The molecule has 1 aliphatic carbocycles. The molecule has 1 atom stereocenters. The van der Waals surface area contributed by atoms with E-state index < -0.39 is 0 Å². The zero-order chi connectivity index (χ0) is 19.0. The van der Waals surface area contributed by atoms with Gasteiger partial charge in [0.25, 0.3) is 5.91 Å². The quantitative estimate of drug-likeness (QED) is 0.795. The minimum absolute atomic E-state index is 0.0547. The number of carbonyl (C=O) groups is 2. The summed E-state index contributed by atoms with van der Waals surface area (Å²) in [4.78, 5) is 28.7. The molecule has 0 aromatic carbocycles. The van der Waals surface area contributed by atoms with E-state index in [1.807, 2.05) is 16.7 Å². The van der Waals surface area contributed by atoms with Crippen molar-refractivity contribution in [3.8, 4) is 0 Å². The Hall–Kier alpha value is -1.82. The van der Waals surface area contributed by atoms with E-state index in [2.05, 4.69) is 0 Å². The highest BCUT2D eigenvalue weighted by Crippen LogP contribution is 2.45. The van der Waals surface area contributed by atoms with Crippen molar-refractivity contribution in [3.05, 3.63) is 23.7 Å². The molecule has 148 valence electrons. The summed E-state index contributed by atoms with van der Waals surface area (Å²) in [6, 6.07) is 1.75. The minimum atomic E-state index is 0.0547. The first-order chi connectivity index (χ1) is 13.0. The second kappa shape index (κ2) is 7.30. The topological polar surface area (TPSA) is 63.0 Å². The fraction of sp³-hybridized carbons (Fsp3) is 0.714. The lowest BCUT2D eigenvalue weighted by Crippen LogP contribution is -2.47. The first-order valence-corrected chi connectivity index (χ1v) is 10.2. The van der Waals surface area contributed by atoms with Crippen molar-refractivity contribution in [1.29, 1.82) is 0 Å². The number of rotatable bonds is 5. The molecule has 27 heavy (non-hydrogen) atoms. The number of furan rings is 1. The van der Waals surface area contributed by atoms with Crippen LogP contribution in [-0.4, -0.2) is 61.0 Å². The summed E-state index contributed by atoms with van der Waals surface area (Å²) in [5.74, 6) is 2.00. The van der Waals surface area contributed by atoms with Crippen LogP contribution >= 0.6 is 0 Å². The molecule has 1 aromatic rings. The first-order valence-electron chi connectivity index (χ1n) is 10.2. The molecule has 2 amide bonds. The Balaban J connectivity index is 1.40. The molecule has 0 radical (unpaired) electrons. The third-order valence-corrected chi connectivity index (χ3v) is 6.76. The van der Waals surface area contributed by atoms with Gasteiger partial charge in [-0.1, -0.05) is 0 Å². The van der Waals surface area contributed by atoms with Gasteiger partial charge in [0.05, 0.1) is 18.4 Å². The molecule has 6 heteroatoms. The third kappa shape index (κ3) is 3.77. The van der Waals surface area contributed by atoms with E-state index in [0.717, 1.165) is 58.2 Å². The van der Waals surface area contributed by atoms with Crippen molar-refractivity contribution in [3.63, 3.8) is 0 Å². The molecule has 1 saturated carbocycles. The molecular weight excluding hydrogens is 344 g/mol. The van der Waals surface area contributed by atoms with Crippen LogP contribution in [0.25, 0.3) is 0 Å². The standard InChI is InChI=1S/C21H30N2O4/c1-15-19(5-10-27-15)20(25)22-8-6-21(7-9-22)14-23(16(2)24)11-18(21)13-26-12-17-3-4-17/h5,10,17-18H,3-4,6-9,11-14H2,1-2H3/t18-/m1/s1. The SMILES string of the molecule is CC(=O)N1C[C@H](COCC2CC2)C2(CCN(C(=O)c3ccoc3C)CC2)C1. The summed E-state index contributed by atoms with van der Waals surface area (Å²) < 4.78 is 11.3. The molecule has 3 heterocycles. The van der Waals surface area contributed by atoms with Gasteiger partial charge in [-0.2, -0.15) is 0 Å². The van der Waals surface area contributed by atoms with Gasteiger partial charge >= 0.3 is 0 Å². The van der Waals surface area contributed by atoms with Crippen molar-refractivity contribution in [2.45, 2.75) is 39.5 Å². The molecule has 0 unspecified atom stereocenters. The van der Waals surface area contributed by atoms with Crippen LogP contribution in [0.4, 0.5) is 0 Å². The number of hydrogen-bond donors (Lipinski definition) is 0. The van der Waals surface area contributed by atoms with Crippen LogP contribution in [0.15, 0.2) is 16.7 Å². The van der Waals surface area contributed by atoms with Crippen LogP contribution < -0.4 is 0 Å². The fourth-order valence-electron chi connectivity index (χ4n) is 4.66. The normalized spacial score (nSPS) is 24.6. The summed E-state index contributed by atoms with van der Waals surface area (Å²) in [6.45, 7) is 8.12. The van der Waals surface area contributed by atoms with Gasteiger partial charge in [-0.3, -0.25) is 9.59 Å². The zero-order valence-corrected chi connectivity index (χ0v) is 16.4. The molecule has 0 bridgehead atoms. The average molecular weight is 374 g/mol. The van der Waals surface area contributed by atoms with Gasteiger partial charge in [0.15, 0.2) is 0 Å². The number of piperidine rings is 1. The molecule has 2 saturated heterocycles. The lowest BCUT2D eigenvalue weighted by atomic mass is 9.71. The maximum atomic E-state index is 12.8. The molecule has 3 aliphatic rings. The Labute approximate surface area is 160 Å². The van der Waals surface area contributed by atoms with E-state index in [-0.39, 0.29) is 17.2 Å². The van der Waals surface area contributed by atoms with Crippen molar-refractivity contribution in [1.82, 2.24) is 9.80 Å². The number of likely N-dealkylation sites (tertiary alicyclic amines) is 2. The van der Waals surface area contributed by atoms with Gasteiger partial charge in [-0.25, -0.2) is 0 Å². The second-order valence-electron chi connectivity index (χ2n) is 8.62. The Morgan fingerprint density at radius 1 is 1.22 bits per heavy atom. The monoisotopic (exact) mass is 374 g/mol. The predicted octanol–water partition coefficient (Wildman–Crippen LogP) is 2.72. The fourth-order valence-corrected chi connectivity index (χ4v) is 4.66. The number of carbonyl (C=O) groups excluding carboxylic acids is 2. The lowest BCUT2D eigenvalue weighted by molar-refractivity contribution is -0.128. The van der Waals surface area contributed by atoms with Crippen molar-refractivity contribution < 1.29 is 18.7 Å². The Kier molecular flexibility index (Phi) is 5.01. The molecule has 1 spiro atoms. The predicted molar refractivity (Wildman–Crippen MR) is 100 cm³/mol. The molecule has 2 aliphatic heterocycles. The first kappa shape index (κ1) is 18.5. The van der Waals surface area contributed by atoms with E-state index in [9.17, 15) is 9.59 Å². The smallest absolute Gasteiger partial charge is 0.257 e. The molecule has 4 rings (SSSR count). The van der Waals surface area contributed by atoms with Gasteiger partial charge in [0.1, 0.15) is 5.76 Å². The van der Waals surface area contributed by atoms with Crippen molar-refractivity contribution in [2.24, 2.45) is 17.3 Å². The molecular formula is C21H30N2O4. The van der Waals surface area contributed by atoms with Crippen LogP contribution in [0.1, 0.15) is 48.7 Å². The summed E-state index contributed by atoms with van der Waals surface area (Å²) in [5.41, 5.74) is 0.740. The van der Waals surface area contributed by atoms with Gasteiger partial charge in [0.2, 0.25) is 5.91 Å².